The minimum atomic E-state index is -0.331. The Hall–Kier alpha value is -3.39. The Labute approximate surface area is 208 Å². The van der Waals surface area contributed by atoms with E-state index in [1.165, 1.54) is 34.4 Å². The van der Waals surface area contributed by atoms with Crippen LogP contribution < -0.4 is 14.9 Å². The molecule has 1 N–H and O–H groups in total. The molecule has 4 aromatic rings. The molecule has 7 nitrogen and oxygen atoms in total. The fourth-order valence-corrected chi connectivity index (χ4v) is 5.52. The average molecular weight is 509 g/mol. The number of anilines is 1. The number of amides is 2. The summed E-state index contributed by atoms with van der Waals surface area (Å²) in [6.07, 6.45) is 5.51. The number of hydrogen-bond acceptors (Lipinski definition) is 7. The van der Waals surface area contributed by atoms with Crippen molar-refractivity contribution in [3.8, 4) is 29.4 Å². The number of benzene rings is 2. The molecule has 0 saturated carbocycles. The molecule has 4 rings (SSSR count). The molecule has 0 radical (unpaired) electrons. The molecule has 0 saturated heterocycles. The van der Waals surface area contributed by atoms with Gasteiger partial charge in [-0.3, -0.25) is 9.59 Å². The zero-order valence-corrected chi connectivity index (χ0v) is 20.6. The maximum atomic E-state index is 12.5. The third-order valence-electron chi connectivity index (χ3n) is 4.64. The molecule has 0 aliphatic rings. The lowest BCUT2D eigenvalue weighted by molar-refractivity contribution is -0.115. The molecule has 0 bridgehead atoms. The standard InChI is InChI=1S/C24H20N4O3S3/c1-3-11-28-19-10-9-17(31-2)12-20(19)34-24(28)27-22(30)15-32-14-21(29)26-23-25-18(13-33-23)16-7-5-4-6-8-16/h1,4-10,12-13H,11,14-15H2,2H3,(H,25,26,29). The van der Waals surface area contributed by atoms with Gasteiger partial charge in [0.25, 0.3) is 5.91 Å². The van der Waals surface area contributed by atoms with Gasteiger partial charge < -0.3 is 14.6 Å². The monoisotopic (exact) mass is 508 g/mol. The third kappa shape index (κ3) is 5.75. The lowest BCUT2D eigenvalue weighted by Gasteiger charge is -2.02. The summed E-state index contributed by atoms with van der Waals surface area (Å²) in [5.41, 5.74) is 2.69. The molecule has 10 heteroatoms. The Bertz CT molecular complexity index is 1430. The van der Waals surface area contributed by atoms with E-state index < -0.39 is 0 Å². The van der Waals surface area contributed by atoms with Crippen molar-refractivity contribution in [2.75, 3.05) is 23.9 Å². The zero-order valence-electron chi connectivity index (χ0n) is 18.2. The van der Waals surface area contributed by atoms with Gasteiger partial charge in [0.1, 0.15) is 5.75 Å². The topological polar surface area (TPSA) is 85.6 Å². The summed E-state index contributed by atoms with van der Waals surface area (Å²) in [5.74, 6) is 2.97. The van der Waals surface area contributed by atoms with E-state index in [1.807, 2.05) is 58.5 Å². The number of nitrogens with zero attached hydrogens (tertiary/aromatic N) is 3. The summed E-state index contributed by atoms with van der Waals surface area (Å²) in [6, 6.07) is 15.4. The largest absolute Gasteiger partial charge is 0.497 e. The van der Waals surface area contributed by atoms with E-state index in [9.17, 15) is 9.59 Å². The zero-order chi connectivity index (χ0) is 23.9. The first-order valence-electron chi connectivity index (χ1n) is 10.1. The Morgan fingerprint density at radius 2 is 2.06 bits per heavy atom. The molecular weight excluding hydrogens is 488 g/mol. The summed E-state index contributed by atoms with van der Waals surface area (Å²) in [4.78, 5) is 33.9. The highest BCUT2D eigenvalue weighted by molar-refractivity contribution is 8.00. The van der Waals surface area contributed by atoms with Crippen molar-refractivity contribution in [3.63, 3.8) is 0 Å². The SMILES string of the molecule is C#CCn1c(=NC(=O)CSCC(=O)Nc2nc(-c3ccccc3)cs2)sc2cc(OC)ccc21. The maximum absolute atomic E-state index is 12.5. The second-order valence-electron chi connectivity index (χ2n) is 6.96. The first-order chi connectivity index (χ1) is 16.6. The van der Waals surface area contributed by atoms with Gasteiger partial charge in [-0.1, -0.05) is 47.6 Å². The van der Waals surface area contributed by atoms with Crippen LogP contribution in [0.3, 0.4) is 0 Å². The van der Waals surface area contributed by atoms with Gasteiger partial charge in [0, 0.05) is 10.9 Å². The number of thiazole rings is 2. The van der Waals surface area contributed by atoms with Gasteiger partial charge in [0.05, 0.1) is 41.1 Å². The van der Waals surface area contributed by atoms with Gasteiger partial charge in [0.15, 0.2) is 9.93 Å². The molecule has 0 unspecified atom stereocenters. The first-order valence-corrected chi connectivity index (χ1v) is 13.0. The molecule has 2 heterocycles. The number of fused-ring (bicyclic) bond motifs is 1. The van der Waals surface area contributed by atoms with Gasteiger partial charge in [-0.25, -0.2) is 4.98 Å². The van der Waals surface area contributed by atoms with Crippen LogP contribution in [0.4, 0.5) is 5.13 Å². The molecule has 34 heavy (non-hydrogen) atoms. The van der Waals surface area contributed by atoms with Crippen molar-refractivity contribution >= 4 is 61.6 Å². The van der Waals surface area contributed by atoms with Crippen LogP contribution in [-0.4, -0.2) is 40.0 Å². The van der Waals surface area contributed by atoms with Crippen LogP contribution in [0.15, 0.2) is 58.9 Å². The molecule has 0 spiro atoms. The second-order valence-corrected chi connectivity index (χ2v) is 9.81. The molecule has 0 fully saturated rings. The lowest BCUT2D eigenvalue weighted by atomic mass is 10.2. The number of aromatic nitrogens is 2. The molecule has 2 amide bonds. The summed E-state index contributed by atoms with van der Waals surface area (Å²) < 4.78 is 8.01. The number of rotatable bonds is 8. The van der Waals surface area contributed by atoms with Crippen LogP contribution in [0.2, 0.25) is 0 Å². The quantitative estimate of drug-likeness (QED) is 0.359. The Morgan fingerprint density at radius 3 is 2.82 bits per heavy atom. The number of ether oxygens (including phenoxy) is 1. The number of methoxy groups -OCH3 is 1. The molecular formula is C24H20N4O3S3. The van der Waals surface area contributed by atoms with Crippen LogP contribution in [-0.2, 0) is 16.1 Å². The van der Waals surface area contributed by atoms with Crippen molar-refractivity contribution in [2.45, 2.75) is 6.54 Å². The van der Waals surface area contributed by atoms with Crippen LogP contribution in [0.5, 0.6) is 5.75 Å². The molecule has 0 atom stereocenters. The minimum Gasteiger partial charge on any atom is -0.497 e. The van der Waals surface area contributed by atoms with Gasteiger partial charge in [-0.15, -0.1) is 29.5 Å². The highest BCUT2D eigenvalue weighted by Crippen LogP contribution is 2.25. The van der Waals surface area contributed by atoms with Crippen LogP contribution in [0.1, 0.15) is 0 Å². The first kappa shape index (κ1) is 23.8. The third-order valence-corrected chi connectivity index (χ3v) is 7.35. The molecule has 2 aromatic carbocycles. The summed E-state index contributed by atoms with van der Waals surface area (Å²) in [6.45, 7) is 0.298. The number of hydrogen-bond donors (Lipinski definition) is 1. The molecule has 0 aliphatic heterocycles. The van der Waals surface area contributed by atoms with Crippen LogP contribution >= 0.6 is 34.4 Å². The van der Waals surface area contributed by atoms with E-state index >= 15 is 0 Å². The second kappa shape index (κ2) is 11.2. The van der Waals surface area contributed by atoms with Gasteiger partial charge in [-0.05, 0) is 18.2 Å². The number of nitrogens with one attached hydrogen (secondary N) is 1. The summed E-state index contributed by atoms with van der Waals surface area (Å²) in [5, 5.41) is 5.20. The van der Waals surface area contributed by atoms with Gasteiger partial charge >= 0.3 is 0 Å². The maximum Gasteiger partial charge on any atom is 0.258 e. The Kier molecular flexibility index (Phi) is 7.80. The smallest absolute Gasteiger partial charge is 0.258 e. The van der Waals surface area contributed by atoms with Crippen molar-refractivity contribution in [2.24, 2.45) is 4.99 Å². The van der Waals surface area contributed by atoms with Crippen LogP contribution in [0, 0.1) is 12.3 Å². The molecule has 2 aromatic heterocycles. The Balaban J connectivity index is 1.35. The Morgan fingerprint density at radius 1 is 1.24 bits per heavy atom. The van der Waals surface area contributed by atoms with Crippen molar-refractivity contribution in [3.05, 3.63) is 58.7 Å². The van der Waals surface area contributed by atoms with E-state index in [-0.39, 0.29) is 23.3 Å². The van der Waals surface area contributed by atoms with Crippen molar-refractivity contribution < 1.29 is 14.3 Å². The van der Waals surface area contributed by atoms with E-state index in [0.29, 0.717) is 16.5 Å². The highest BCUT2D eigenvalue weighted by Gasteiger charge is 2.11. The van der Waals surface area contributed by atoms with E-state index in [1.54, 1.807) is 7.11 Å². The van der Waals surface area contributed by atoms with E-state index in [0.717, 1.165) is 27.2 Å². The summed E-state index contributed by atoms with van der Waals surface area (Å²) >= 11 is 3.93. The predicted octanol–water partition coefficient (Wildman–Crippen LogP) is 4.27. The fraction of sp³-hybridized carbons (Fsp3) is 0.167. The number of thioether (sulfide) groups is 1. The van der Waals surface area contributed by atoms with E-state index in [2.05, 4.69) is 21.2 Å². The highest BCUT2D eigenvalue weighted by atomic mass is 32.2. The van der Waals surface area contributed by atoms with Gasteiger partial charge in [0.2, 0.25) is 5.91 Å². The van der Waals surface area contributed by atoms with E-state index in [4.69, 9.17) is 11.2 Å². The fourth-order valence-electron chi connectivity index (χ4n) is 3.11. The molecule has 172 valence electrons. The number of carbonyl (C=O) groups excluding carboxylic acids is 2. The molecule has 0 aliphatic carbocycles. The van der Waals surface area contributed by atoms with Gasteiger partial charge in [-0.2, -0.15) is 4.99 Å². The van der Waals surface area contributed by atoms with Crippen molar-refractivity contribution in [1.29, 1.82) is 0 Å². The minimum absolute atomic E-state index is 0.0776. The van der Waals surface area contributed by atoms with Crippen molar-refractivity contribution in [1.82, 2.24) is 9.55 Å². The normalized spacial score (nSPS) is 11.4. The predicted molar refractivity (Wildman–Crippen MR) is 139 cm³/mol. The number of carbonyl (C=O) groups is 2. The lowest BCUT2D eigenvalue weighted by Crippen LogP contribution is -2.18. The number of terminal acetylenes is 1. The summed E-state index contributed by atoms with van der Waals surface area (Å²) in [7, 11) is 1.60. The van der Waals surface area contributed by atoms with Crippen LogP contribution in [0.25, 0.3) is 21.5 Å². The average Bonchev–Trinajstić information content (AvgIpc) is 3.44.